The number of methoxy groups -OCH3 is 1. The van der Waals surface area contributed by atoms with Crippen LogP contribution in [0.1, 0.15) is 32.8 Å². The van der Waals surface area contributed by atoms with Gasteiger partial charge in [0, 0.05) is 13.5 Å². The molecule has 1 aromatic carbocycles. The van der Waals surface area contributed by atoms with E-state index in [9.17, 15) is 19.5 Å². The summed E-state index contributed by atoms with van der Waals surface area (Å²) < 4.78 is 10.1. The van der Waals surface area contributed by atoms with Crippen LogP contribution in [0.4, 0.5) is 4.79 Å². The second-order valence-electron chi connectivity index (χ2n) is 7.05. The topological polar surface area (TPSA) is 102 Å². The van der Waals surface area contributed by atoms with E-state index < -0.39 is 35.4 Å². The molecule has 26 heavy (non-hydrogen) atoms. The van der Waals surface area contributed by atoms with Crippen LogP contribution < -0.4 is 5.32 Å². The lowest BCUT2D eigenvalue weighted by Crippen LogP contribution is -2.46. The van der Waals surface area contributed by atoms with E-state index in [1.54, 1.807) is 20.8 Å². The normalized spacial score (nSPS) is 13.5. The lowest BCUT2D eigenvalue weighted by molar-refractivity contribution is -0.144. The van der Waals surface area contributed by atoms with Crippen molar-refractivity contribution in [3.63, 3.8) is 0 Å². The highest BCUT2D eigenvalue weighted by Gasteiger charge is 2.29. The van der Waals surface area contributed by atoms with E-state index in [2.05, 4.69) is 5.32 Å². The molecule has 0 aromatic heterocycles. The zero-order chi connectivity index (χ0) is 19.7. The number of carbonyl (C=O) groups is 3. The number of hydrogen-bond acceptors (Lipinski definition) is 5. The first kappa shape index (κ1) is 21.6. The summed E-state index contributed by atoms with van der Waals surface area (Å²) in [6, 6.07) is 8.12. The molecule has 7 nitrogen and oxygen atoms in total. The molecule has 1 aromatic rings. The number of aliphatic carboxylic acids is 1. The zero-order valence-electron chi connectivity index (χ0n) is 15.7. The standard InChI is InChI=1S/C19H27NO6/c1-19(2,3)26-18(24)20-15(12-25-4)16(21)11-14(17(22)23)10-13-8-6-5-7-9-13/h5-9,14-15H,10-12H2,1-4H3,(H,20,24)(H,22,23)/t14-,15+/m1/s1. The molecule has 0 aliphatic carbocycles. The third kappa shape index (κ3) is 8.11. The number of rotatable bonds is 9. The molecule has 0 radical (unpaired) electrons. The minimum absolute atomic E-state index is 0.0598. The summed E-state index contributed by atoms with van der Waals surface area (Å²) in [5.41, 5.74) is 0.123. The Hall–Kier alpha value is -2.41. The van der Waals surface area contributed by atoms with Gasteiger partial charge in [-0.25, -0.2) is 4.79 Å². The van der Waals surface area contributed by atoms with Gasteiger partial charge in [-0.2, -0.15) is 0 Å². The van der Waals surface area contributed by atoms with Gasteiger partial charge in [-0.1, -0.05) is 30.3 Å². The number of ketones is 1. The second-order valence-corrected chi connectivity index (χ2v) is 7.05. The minimum Gasteiger partial charge on any atom is -0.481 e. The summed E-state index contributed by atoms with van der Waals surface area (Å²) in [5.74, 6) is -2.36. The second kappa shape index (κ2) is 9.91. The molecule has 1 amide bonds. The molecule has 1 rings (SSSR count). The third-order valence-corrected chi connectivity index (χ3v) is 3.53. The number of carbonyl (C=O) groups excluding carboxylic acids is 2. The van der Waals surface area contributed by atoms with Crippen LogP contribution in [-0.2, 0) is 25.5 Å². The maximum Gasteiger partial charge on any atom is 0.408 e. The molecule has 2 atom stereocenters. The number of nitrogens with one attached hydrogen (secondary N) is 1. The molecule has 0 saturated carbocycles. The highest BCUT2D eigenvalue weighted by molar-refractivity contribution is 5.90. The number of benzene rings is 1. The number of amides is 1. The fourth-order valence-electron chi connectivity index (χ4n) is 2.36. The highest BCUT2D eigenvalue weighted by Crippen LogP contribution is 2.15. The molecule has 0 fully saturated rings. The summed E-state index contributed by atoms with van der Waals surface area (Å²) in [6.07, 6.45) is -0.731. The summed E-state index contributed by atoms with van der Waals surface area (Å²) >= 11 is 0. The van der Waals surface area contributed by atoms with Crippen LogP contribution in [0.15, 0.2) is 30.3 Å². The molecule has 144 valence electrons. The van der Waals surface area contributed by atoms with Gasteiger partial charge < -0.3 is 19.9 Å². The number of hydrogen-bond donors (Lipinski definition) is 2. The van der Waals surface area contributed by atoms with Gasteiger partial charge >= 0.3 is 12.1 Å². The Morgan fingerprint density at radius 1 is 1.15 bits per heavy atom. The van der Waals surface area contributed by atoms with Crippen molar-refractivity contribution in [1.29, 1.82) is 0 Å². The van der Waals surface area contributed by atoms with Crippen molar-refractivity contribution >= 4 is 17.8 Å². The predicted molar refractivity (Wildman–Crippen MR) is 95.9 cm³/mol. The van der Waals surface area contributed by atoms with Crippen molar-refractivity contribution < 1.29 is 29.0 Å². The van der Waals surface area contributed by atoms with E-state index in [1.807, 2.05) is 30.3 Å². The Labute approximate surface area is 153 Å². The van der Waals surface area contributed by atoms with Gasteiger partial charge in [0.15, 0.2) is 5.78 Å². The van der Waals surface area contributed by atoms with Crippen molar-refractivity contribution in [2.24, 2.45) is 5.92 Å². The molecular formula is C19H27NO6. The number of Topliss-reactive ketones (excluding diaryl/α,β-unsaturated/α-hetero) is 1. The van der Waals surface area contributed by atoms with Crippen LogP contribution in [0.5, 0.6) is 0 Å². The van der Waals surface area contributed by atoms with Crippen LogP contribution >= 0.6 is 0 Å². The number of alkyl carbamates (subject to hydrolysis) is 1. The average Bonchev–Trinajstić information content (AvgIpc) is 2.52. The molecule has 0 aliphatic heterocycles. The van der Waals surface area contributed by atoms with Crippen molar-refractivity contribution in [2.75, 3.05) is 13.7 Å². The van der Waals surface area contributed by atoms with Gasteiger partial charge in [0.1, 0.15) is 11.6 Å². The average molecular weight is 365 g/mol. The van der Waals surface area contributed by atoms with Crippen LogP contribution in [0.25, 0.3) is 0 Å². The van der Waals surface area contributed by atoms with E-state index in [4.69, 9.17) is 9.47 Å². The van der Waals surface area contributed by atoms with Gasteiger partial charge in [-0.3, -0.25) is 9.59 Å². The van der Waals surface area contributed by atoms with Gasteiger partial charge in [-0.05, 0) is 32.8 Å². The molecule has 0 aliphatic rings. The van der Waals surface area contributed by atoms with Gasteiger partial charge in [0.25, 0.3) is 0 Å². The molecule has 0 heterocycles. The number of ether oxygens (including phenoxy) is 2. The molecule has 0 spiro atoms. The first-order chi connectivity index (χ1) is 12.1. The Balaban J connectivity index is 2.76. The Kier molecular flexibility index (Phi) is 8.25. The van der Waals surface area contributed by atoms with Crippen molar-refractivity contribution in [3.05, 3.63) is 35.9 Å². The fraction of sp³-hybridized carbons (Fsp3) is 0.526. The minimum atomic E-state index is -1.06. The molecule has 0 bridgehead atoms. The van der Waals surface area contributed by atoms with E-state index >= 15 is 0 Å². The maximum atomic E-state index is 12.5. The van der Waals surface area contributed by atoms with E-state index in [0.29, 0.717) is 0 Å². The maximum absolute atomic E-state index is 12.5. The summed E-state index contributed by atoms with van der Waals surface area (Å²) in [7, 11) is 1.40. The lowest BCUT2D eigenvalue weighted by atomic mass is 9.92. The predicted octanol–water partition coefficient (Wildman–Crippen LogP) is 2.43. The molecule has 0 saturated heterocycles. The van der Waals surface area contributed by atoms with Crippen LogP contribution in [0, 0.1) is 5.92 Å². The third-order valence-electron chi connectivity index (χ3n) is 3.53. The van der Waals surface area contributed by atoms with Gasteiger partial charge in [0.05, 0.1) is 12.5 Å². The molecule has 7 heteroatoms. The SMILES string of the molecule is COC[C@H](NC(=O)OC(C)(C)C)C(=O)C[C@@H](Cc1ccccc1)C(=O)O. The van der Waals surface area contributed by atoms with Gasteiger partial charge in [-0.15, -0.1) is 0 Å². The van der Waals surface area contributed by atoms with Crippen LogP contribution in [0.3, 0.4) is 0 Å². The van der Waals surface area contributed by atoms with Crippen molar-refractivity contribution in [3.8, 4) is 0 Å². The van der Waals surface area contributed by atoms with Gasteiger partial charge in [0.2, 0.25) is 0 Å². The van der Waals surface area contributed by atoms with Crippen molar-refractivity contribution in [1.82, 2.24) is 5.32 Å². The largest absolute Gasteiger partial charge is 0.481 e. The molecule has 2 N–H and O–H groups in total. The molecular weight excluding hydrogens is 338 g/mol. The summed E-state index contributed by atoms with van der Waals surface area (Å²) in [5, 5.41) is 11.9. The summed E-state index contributed by atoms with van der Waals surface area (Å²) in [4.78, 5) is 36.0. The Bertz CT molecular complexity index is 608. The van der Waals surface area contributed by atoms with Crippen LogP contribution in [0.2, 0.25) is 0 Å². The number of carboxylic acids is 1. The lowest BCUT2D eigenvalue weighted by Gasteiger charge is -2.23. The summed E-state index contributed by atoms with van der Waals surface area (Å²) in [6.45, 7) is 5.07. The zero-order valence-corrected chi connectivity index (χ0v) is 15.7. The van der Waals surface area contributed by atoms with E-state index in [1.165, 1.54) is 7.11 Å². The van der Waals surface area contributed by atoms with Crippen molar-refractivity contribution in [2.45, 2.75) is 45.3 Å². The smallest absolute Gasteiger partial charge is 0.408 e. The molecule has 0 unspecified atom stereocenters. The van der Waals surface area contributed by atoms with E-state index in [0.717, 1.165) is 5.56 Å². The first-order valence-electron chi connectivity index (χ1n) is 8.40. The fourth-order valence-corrected chi connectivity index (χ4v) is 2.36. The highest BCUT2D eigenvalue weighted by atomic mass is 16.6. The van der Waals surface area contributed by atoms with E-state index in [-0.39, 0.29) is 19.4 Å². The quantitative estimate of drug-likeness (QED) is 0.697. The monoisotopic (exact) mass is 365 g/mol. The number of carboxylic acid groups (broad SMARTS) is 1. The first-order valence-corrected chi connectivity index (χ1v) is 8.40. The Morgan fingerprint density at radius 3 is 2.27 bits per heavy atom. The Morgan fingerprint density at radius 2 is 1.77 bits per heavy atom. The van der Waals surface area contributed by atoms with Crippen LogP contribution in [-0.4, -0.2) is 48.3 Å².